The summed E-state index contributed by atoms with van der Waals surface area (Å²) in [6.45, 7) is 1.72. The molecule has 28 heavy (non-hydrogen) atoms. The fourth-order valence-electron chi connectivity index (χ4n) is 3.07. The van der Waals surface area contributed by atoms with Gasteiger partial charge in [-0.25, -0.2) is 4.79 Å². The van der Waals surface area contributed by atoms with E-state index in [1.807, 2.05) is 24.3 Å². The Morgan fingerprint density at radius 2 is 2.00 bits per heavy atom. The number of nitrogens with one attached hydrogen (secondary N) is 3. The fourth-order valence-corrected chi connectivity index (χ4v) is 4.13. The summed E-state index contributed by atoms with van der Waals surface area (Å²) in [5.74, 6) is 0.549. The van der Waals surface area contributed by atoms with Crippen molar-refractivity contribution < 1.29 is 14.3 Å². The normalized spacial score (nSPS) is 16.4. The van der Waals surface area contributed by atoms with Gasteiger partial charge in [0.05, 0.1) is 12.7 Å². The molecule has 152 valence electrons. The van der Waals surface area contributed by atoms with Crippen molar-refractivity contribution in [3.8, 4) is 16.2 Å². The molecular weight excluding hydrogens is 400 g/mol. The number of carbonyl (C=O) groups excluding carboxylic acids is 2. The van der Waals surface area contributed by atoms with E-state index in [0.29, 0.717) is 10.6 Å². The van der Waals surface area contributed by atoms with Crippen molar-refractivity contribution in [2.75, 3.05) is 25.5 Å². The van der Waals surface area contributed by atoms with Gasteiger partial charge in [-0.15, -0.1) is 23.7 Å². The molecule has 1 aromatic heterocycles. The highest BCUT2D eigenvalue weighted by Crippen LogP contribution is 2.36. The number of methoxy groups -OCH3 is 1. The molecule has 2 aromatic rings. The summed E-state index contributed by atoms with van der Waals surface area (Å²) in [5.41, 5.74) is 6.64. The van der Waals surface area contributed by atoms with Crippen molar-refractivity contribution >= 4 is 40.7 Å². The zero-order chi connectivity index (χ0) is 19.2. The maximum absolute atomic E-state index is 12.8. The van der Waals surface area contributed by atoms with Crippen LogP contribution in [0.25, 0.3) is 10.4 Å². The summed E-state index contributed by atoms with van der Waals surface area (Å²) in [4.78, 5) is 25.1. The second-order valence-corrected chi connectivity index (χ2v) is 7.49. The highest BCUT2D eigenvalue weighted by atomic mass is 35.5. The summed E-state index contributed by atoms with van der Waals surface area (Å²) in [6, 6.07) is 8.71. The third kappa shape index (κ3) is 5.60. The predicted octanol–water partition coefficient (Wildman–Crippen LogP) is 3.21. The first-order chi connectivity index (χ1) is 13.1. The molecule has 3 rings (SSSR count). The fraction of sp³-hybridized carbons (Fsp3) is 0.368. The van der Waals surface area contributed by atoms with Crippen LogP contribution >= 0.6 is 23.7 Å². The van der Waals surface area contributed by atoms with Gasteiger partial charge < -0.3 is 21.1 Å². The molecule has 0 bridgehead atoms. The Morgan fingerprint density at radius 1 is 1.25 bits per heavy atom. The Labute approximate surface area is 174 Å². The lowest BCUT2D eigenvalue weighted by molar-refractivity contribution is 0.0937. The summed E-state index contributed by atoms with van der Waals surface area (Å²) in [6.07, 6.45) is 3.12. The van der Waals surface area contributed by atoms with Gasteiger partial charge in [0.2, 0.25) is 0 Å². The molecule has 0 radical (unpaired) electrons. The molecule has 0 spiro atoms. The van der Waals surface area contributed by atoms with Crippen molar-refractivity contribution in [2.24, 2.45) is 5.73 Å². The molecule has 1 saturated heterocycles. The van der Waals surface area contributed by atoms with E-state index in [0.717, 1.165) is 48.5 Å². The van der Waals surface area contributed by atoms with Crippen molar-refractivity contribution in [1.82, 2.24) is 10.6 Å². The van der Waals surface area contributed by atoms with E-state index < -0.39 is 6.03 Å². The summed E-state index contributed by atoms with van der Waals surface area (Å²) in [5, 5.41) is 9.42. The molecular formula is C19H25ClN4O3S. The highest BCUT2D eigenvalue weighted by molar-refractivity contribution is 7.20. The van der Waals surface area contributed by atoms with Crippen molar-refractivity contribution in [1.29, 1.82) is 0 Å². The van der Waals surface area contributed by atoms with E-state index in [9.17, 15) is 9.59 Å². The van der Waals surface area contributed by atoms with Crippen molar-refractivity contribution in [2.45, 2.75) is 25.3 Å². The molecule has 0 aliphatic carbocycles. The molecule has 2 heterocycles. The zero-order valence-electron chi connectivity index (χ0n) is 15.6. The maximum atomic E-state index is 12.8. The minimum absolute atomic E-state index is 0. The molecule has 3 amide bonds. The molecule has 0 saturated carbocycles. The van der Waals surface area contributed by atoms with E-state index in [-0.39, 0.29) is 24.4 Å². The second-order valence-electron chi connectivity index (χ2n) is 6.44. The van der Waals surface area contributed by atoms with Gasteiger partial charge in [-0.05, 0) is 55.3 Å². The summed E-state index contributed by atoms with van der Waals surface area (Å²) >= 11 is 1.32. The Kier molecular flexibility index (Phi) is 8.10. The van der Waals surface area contributed by atoms with Gasteiger partial charge in [-0.2, -0.15) is 0 Å². The number of amides is 3. The number of carbonyl (C=O) groups is 2. The van der Waals surface area contributed by atoms with Gasteiger partial charge in [-0.1, -0.05) is 6.42 Å². The monoisotopic (exact) mass is 424 g/mol. The smallest absolute Gasteiger partial charge is 0.317 e. The lowest BCUT2D eigenvalue weighted by Gasteiger charge is -2.16. The van der Waals surface area contributed by atoms with Crippen LogP contribution in [0, 0.1) is 0 Å². The quantitative estimate of drug-likeness (QED) is 0.591. The first kappa shape index (κ1) is 22.0. The number of hydrogen-bond acceptors (Lipinski definition) is 5. The number of anilines is 1. The van der Waals surface area contributed by atoms with Gasteiger partial charge in [0.1, 0.15) is 10.8 Å². The molecule has 1 atom stereocenters. The zero-order valence-corrected chi connectivity index (χ0v) is 17.3. The minimum Gasteiger partial charge on any atom is -0.497 e. The van der Waals surface area contributed by atoms with Gasteiger partial charge in [-0.3, -0.25) is 10.1 Å². The van der Waals surface area contributed by atoms with E-state index in [1.165, 1.54) is 11.3 Å². The molecule has 1 aliphatic heterocycles. The van der Waals surface area contributed by atoms with Gasteiger partial charge in [0, 0.05) is 17.5 Å². The molecule has 1 aliphatic rings. The number of nitrogens with two attached hydrogens (primary N) is 1. The third-order valence-corrected chi connectivity index (χ3v) is 5.57. The number of benzene rings is 1. The van der Waals surface area contributed by atoms with Crippen LogP contribution in [0.4, 0.5) is 9.80 Å². The average Bonchev–Trinajstić information content (AvgIpc) is 2.89. The summed E-state index contributed by atoms with van der Waals surface area (Å²) in [7, 11) is 1.61. The maximum Gasteiger partial charge on any atom is 0.317 e. The molecule has 5 N–H and O–H groups in total. The summed E-state index contributed by atoms with van der Waals surface area (Å²) < 4.78 is 5.18. The molecule has 1 aromatic carbocycles. The first-order valence-corrected chi connectivity index (χ1v) is 9.75. The van der Waals surface area contributed by atoms with Gasteiger partial charge >= 0.3 is 6.03 Å². The van der Waals surface area contributed by atoms with E-state index in [4.69, 9.17) is 10.5 Å². The topological polar surface area (TPSA) is 105 Å². The second kappa shape index (κ2) is 10.3. The molecule has 0 unspecified atom stereocenters. The van der Waals surface area contributed by atoms with Crippen LogP contribution < -0.4 is 26.4 Å². The van der Waals surface area contributed by atoms with Crippen LogP contribution in [0.3, 0.4) is 0 Å². The van der Waals surface area contributed by atoms with Crippen LogP contribution in [0.15, 0.2) is 30.3 Å². The number of thiophene rings is 1. The standard InChI is InChI=1S/C19H24N4O3S.ClH/c1-26-14-7-5-12(6-8-14)16-10-15(18(27-16)23-19(20)25)17(24)22-13-4-2-3-9-21-11-13;/h5-8,10,13,21H,2-4,9,11H2,1H3,(H,22,24)(H3,20,23,25);1H/t13-;/m0./s1. The van der Waals surface area contributed by atoms with Gasteiger partial charge in [0.15, 0.2) is 0 Å². The Balaban J connectivity index is 0.00000280. The average molecular weight is 425 g/mol. The Morgan fingerprint density at radius 3 is 2.68 bits per heavy atom. The number of hydrogen-bond donors (Lipinski definition) is 4. The van der Waals surface area contributed by atoms with Crippen LogP contribution in [0.5, 0.6) is 5.75 Å². The number of rotatable bonds is 5. The minimum atomic E-state index is -0.691. The first-order valence-electron chi connectivity index (χ1n) is 8.93. The Hall–Kier alpha value is -2.29. The van der Waals surface area contributed by atoms with Crippen molar-refractivity contribution in [3.63, 3.8) is 0 Å². The third-order valence-electron chi connectivity index (χ3n) is 4.47. The SMILES string of the molecule is COc1ccc(-c2cc(C(=O)N[C@H]3CCCCNC3)c(NC(N)=O)s2)cc1.Cl. The van der Waals surface area contributed by atoms with Crippen LogP contribution in [-0.4, -0.2) is 38.2 Å². The van der Waals surface area contributed by atoms with Crippen LogP contribution in [0.2, 0.25) is 0 Å². The number of urea groups is 1. The molecule has 1 fully saturated rings. The van der Waals surface area contributed by atoms with E-state index in [2.05, 4.69) is 16.0 Å². The molecule has 9 heteroatoms. The largest absolute Gasteiger partial charge is 0.497 e. The van der Waals surface area contributed by atoms with Gasteiger partial charge in [0.25, 0.3) is 5.91 Å². The lowest BCUT2D eigenvalue weighted by Crippen LogP contribution is -2.41. The number of ether oxygens (including phenoxy) is 1. The van der Waals surface area contributed by atoms with Crippen LogP contribution in [0.1, 0.15) is 29.6 Å². The molecule has 7 nitrogen and oxygen atoms in total. The number of primary amides is 1. The predicted molar refractivity (Wildman–Crippen MR) is 115 cm³/mol. The van der Waals surface area contributed by atoms with Crippen molar-refractivity contribution in [3.05, 3.63) is 35.9 Å². The van der Waals surface area contributed by atoms with E-state index in [1.54, 1.807) is 13.2 Å². The highest BCUT2D eigenvalue weighted by Gasteiger charge is 2.21. The lowest BCUT2D eigenvalue weighted by atomic mass is 10.1. The number of halogens is 1. The van der Waals surface area contributed by atoms with E-state index >= 15 is 0 Å². The van der Waals surface area contributed by atoms with Crippen LogP contribution in [-0.2, 0) is 0 Å². The Bertz CT molecular complexity index is 802.